The number of nitrogens with one attached hydrogen (secondary N) is 1. The molecule has 0 saturated heterocycles. The molecular weight excluding hydrogens is 284 g/mol. The molecule has 1 aromatic heterocycles. The van der Waals surface area contributed by atoms with Gasteiger partial charge in [0.05, 0.1) is 5.02 Å². The van der Waals surface area contributed by atoms with E-state index in [1.807, 2.05) is 6.07 Å². The van der Waals surface area contributed by atoms with Crippen LogP contribution in [-0.2, 0) is 13.2 Å². The van der Waals surface area contributed by atoms with Crippen LogP contribution in [0.3, 0.4) is 0 Å². The molecule has 1 saturated carbocycles. The zero-order valence-electron chi connectivity index (χ0n) is 12.1. The molecule has 21 heavy (non-hydrogen) atoms. The second-order valence-electron chi connectivity index (χ2n) is 5.47. The summed E-state index contributed by atoms with van der Waals surface area (Å²) in [4.78, 5) is 3.99. The van der Waals surface area contributed by atoms with E-state index < -0.39 is 0 Å². The summed E-state index contributed by atoms with van der Waals surface area (Å²) in [5.41, 5.74) is 3.30. The SMILES string of the molecule is Cc1cccc(CNC2CC2)c1OCc1ccncc1Cl. The normalized spacial score (nSPS) is 14.2. The summed E-state index contributed by atoms with van der Waals surface area (Å²) in [6.45, 7) is 3.39. The molecule has 4 heteroatoms. The number of para-hydroxylation sites is 1. The van der Waals surface area contributed by atoms with Crippen LogP contribution in [0.15, 0.2) is 36.7 Å². The van der Waals surface area contributed by atoms with Crippen molar-refractivity contribution in [2.75, 3.05) is 0 Å². The predicted molar refractivity (Wildman–Crippen MR) is 84.6 cm³/mol. The lowest BCUT2D eigenvalue weighted by atomic mass is 10.1. The average molecular weight is 303 g/mol. The minimum atomic E-state index is 0.461. The van der Waals surface area contributed by atoms with E-state index in [-0.39, 0.29) is 0 Å². The lowest BCUT2D eigenvalue weighted by molar-refractivity contribution is 0.300. The second-order valence-corrected chi connectivity index (χ2v) is 5.88. The van der Waals surface area contributed by atoms with Gasteiger partial charge >= 0.3 is 0 Å². The van der Waals surface area contributed by atoms with Crippen molar-refractivity contribution in [2.24, 2.45) is 0 Å². The zero-order valence-corrected chi connectivity index (χ0v) is 12.9. The number of benzene rings is 1. The first-order chi connectivity index (χ1) is 10.2. The molecule has 1 aliphatic carbocycles. The van der Waals surface area contributed by atoms with Crippen LogP contribution in [-0.4, -0.2) is 11.0 Å². The Kier molecular flexibility index (Phi) is 4.42. The first-order valence-corrected chi connectivity index (χ1v) is 7.65. The Morgan fingerprint density at radius 1 is 1.29 bits per heavy atom. The van der Waals surface area contributed by atoms with Crippen molar-refractivity contribution in [2.45, 2.75) is 39.0 Å². The van der Waals surface area contributed by atoms with E-state index in [1.54, 1.807) is 12.4 Å². The fourth-order valence-electron chi connectivity index (χ4n) is 2.27. The second kappa shape index (κ2) is 6.46. The van der Waals surface area contributed by atoms with E-state index in [0.29, 0.717) is 17.7 Å². The highest BCUT2D eigenvalue weighted by Gasteiger charge is 2.20. The molecule has 3 rings (SSSR count). The lowest BCUT2D eigenvalue weighted by Crippen LogP contribution is -2.16. The van der Waals surface area contributed by atoms with Crippen LogP contribution in [0.2, 0.25) is 5.02 Å². The van der Waals surface area contributed by atoms with Gasteiger partial charge in [-0.2, -0.15) is 0 Å². The number of hydrogen-bond acceptors (Lipinski definition) is 3. The maximum atomic E-state index is 6.13. The number of hydrogen-bond donors (Lipinski definition) is 1. The van der Waals surface area contributed by atoms with Crippen LogP contribution in [0.1, 0.15) is 29.5 Å². The standard InChI is InChI=1S/C17H19ClN2O/c1-12-3-2-4-13(9-20-15-5-6-15)17(12)21-11-14-7-8-19-10-16(14)18/h2-4,7-8,10,15,20H,5-6,9,11H2,1H3. The summed E-state index contributed by atoms with van der Waals surface area (Å²) >= 11 is 6.13. The van der Waals surface area contributed by atoms with Gasteiger partial charge in [0.25, 0.3) is 0 Å². The highest BCUT2D eigenvalue weighted by Crippen LogP contribution is 2.27. The topological polar surface area (TPSA) is 34.1 Å². The van der Waals surface area contributed by atoms with Gasteiger partial charge in [0.15, 0.2) is 0 Å². The van der Waals surface area contributed by atoms with Gasteiger partial charge in [-0.1, -0.05) is 29.8 Å². The molecular formula is C17H19ClN2O. The fourth-order valence-corrected chi connectivity index (χ4v) is 2.45. The number of rotatable bonds is 6. The fraction of sp³-hybridized carbons (Fsp3) is 0.353. The summed E-state index contributed by atoms with van der Waals surface area (Å²) in [5, 5.41) is 4.18. The molecule has 1 aromatic carbocycles. The van der Waals surface area contributed by atoms with Crippen LogP contribution >= 0.6 is 11.6 Å². The number of halogens is 1. The summed E-state index contributed by atoms with van der Waals surface area (Å²) < 4.78 is 6.04. The summed E-state index contributed by atoms with van der Waals surface area (Å²) in [5.74, 6) is 0.957. The molecule has 0 spiro atoms. The van der Waals surface area contributed by atoms with Crippen molar-refractivity contribution in [1.82, 2.24) is 10.3 Å². The van der Waals surface area contributed by atoms with Gasteiger partial charge in [-0.15, -0.1) is 0 Å². The molecule has 110 valence electrons. The zero-order chi connectivity index (χ0) is 14.7. The molecule has 0 radical (unpaired) electrons. The van der Waals surface area contributed by atoms with Crippen molar-refractivity contribution in [3.05, 3.63) is 58.4 Å². The van der Waals surface area contributed by atoms with E-state index >= 15 is 0 Å². The third kappa shape index (κ3) is 3.74. The molecule has 1 fully saturated rings. The van der Waals surface area contributed by atoms with Crippen LogP contribution in [0.5, 0.6) is 5.75 Å². The van der Waals surface area contributed by atoms with Gasteiger partial charge in [0.2, 0.25) is 0 Å². The van der Waals surface area contributed by atoms with Gasteiger partial charge in [0, 0.05) is 36.1 Å². The van der Waals surface area contributed by atoms with Gasteiger partial charge in [0.1, 0.15) is 12.4 Å². The van der Waals surface area contributed by atoms with Crippen molar-refractivity contribution in [3.63, 3.8) is 0 Å². The molecule has 0 amide bonds. The summed E-state index contributed by atoms with van der Waals surface area (Å²) in [6.07, 6.45) is 5.95. The third-order valence-corrected chi connectivity index (χ3v) is 4.02. The van der Waals surface area contributed by atoms with Crippen molar-refractivity contribution < 1.29 is 4.74 Å². The molecule has 1 heterocycles. The monoisotopic (exact) mass is 302 g/mol. The van der Waals surface area contributed by atoms with Gasteiger partial charge in [-0.25, -0.2) is 0 Å². The number of aromatic nitrogens is 1. The van der Waals surface area contributed by atoms with Gasteiger partial charge in [-0.3, -0.25) is 4.98 Å². The Bertz CT molecular complexity index is 626. The number of nitrogens with zero attached hydrogens (tertiary/aromatic N) is 1. The third-order valence-electron chi connectivity index (χ3n) is 3.68. The van der Waals surface area contributed by atoms with Crippen molar-refractivity contribution >= 4 is 11.6 Å². The highest BCUT2D eigenvalue weighted by atomic mass is 35.5. The predicted octanol–water partition coefficient (Wildman–Crippen LogP) is 3.87. The smallest absolute Gasteiger partial charge is 0.127 e. The van der Waals surface area contributed by atoms with E-state index in [0.717, 1.165) is 23.4 Å². The number of ether oxygens (including phenoxy) is 1. The maximum Gasteiger partial charge on any atom is 0.127 e. The van der Waals surface area contributed by atoms with Gasteiger partial charge < -0.3 is 10.1 Å². The van der Waals surface area contributed by atoms with E-state index in [4.69, 9.17) is 16.3 Å². The number of pyridine rings is 1. The van der Waals surface area contributed by atoms with E-state index in [9.17, 15) is 0 Å². The van der Waals surface area contributed by atoms with Crippen LogP contribution in [0.4, 0.5) is 0 Å². The minimum Gasteiger partial charge on any atom is -0.488 e. The Balaban J connectivity index is 1.72. The Labute approximate surface area is 130 Å². The largest absolute Gasteiger partial charge is 0.488 e. The molecule has 3 nitrogen and oxygen atoms in total. The van der Waals surface area contributed by atoms with Crippen LogP contribution in [0, 0.1) is 6.92 Å². The van der Waals surface area contributed by atoms with Crippen LogP contribution in [0.25, 0.3) is 0 Å². The lowest BCUT2D eigenvalue weighted by Gasteiger charge is -2.15. The molecule has 0 unspecified atom stereocenters. The van der Waals surface area contributed by atoms with Crippen molar-refractivity contribution in [3.8, 4) is 5.75 Å². The average Bonchev–Trinajstić information content (AvgIpc) is 3.30. The van der Waals surface area contributed by atoms with Crippen LogP contribution < -0.4 is 10.1 Å². The first-order valence-electron chi connectivity index (χ1n) is 7.27. The summed E-state index contributed by atoms with van der Waals surface area (Å²) in [7, 11) is 0. The van der Waals surface area contributed by atoms with Crippen molar-refractivity contribution in [1.29, 1.82) is 0 Å². The molecule has 2 aromatic rings. The van der Waals surface area contributed by atoms with E-state index in [1.165, 1.54) is 18.4 Å². The Morgan fingerprint density at radius 2 is 2.14 bits per heavy atom. The molecule has 0 bridgehead atoms. The summed E-state index contributed by atoms with van der Waals surface area (Å²) in [6, 6.07) is 8.84. The molecule has 0 atom stereocenters. The first kappa shape index (κ1) is 14.4. The Morgan fingerprint density at radius 3 is 2.90 bits per heavy atom. The molecule has 1 N–H and O–H groups in total. The Hall–Kier alpha value is -1.58. The maximum absolute atomic E-state index is 6.13. The van der Waals surface area contributed by atoms with E-state index in [2.05, 4.69) is 35.4 Å². The highest BCUT2D eigenvalue weighted by molar-refractivity contribution is 6.31. The minimum absolute atomic E-state index is 0.461. The quantitative estimate of drug-likeness (QED) is 0.879. The molecule has 1 aliphatic rings. The number of aryl methyl sites for hydroxylation is 1. The molecule has 0 aliphatic heterocycles. The van der Waals surface area contributed by atoms with Gasteiger partial charge in [-0.05, 0) is 31.4 Å².